The zero-order chi connectivity index (χ0) is 12.3. The molecule has 88 valence electrons. The van der Waals surface area contributed by atoms with E-state index in [1.54, 1.807) is 12.1 Å². The van der Waals surface area contributed by atoms with Crippen molar-refractivity contribution in [3.63, 3.8) is 0 Å². The number of nitrogens with one attached hydrogen (secondary N) is 1. The predicted octanol–water partition coefficient (Wildman–Crippen LogP) is 0.613. The van der Waals surface area contributed by atoms with E-state index < -0.39 is 5.91 Å². The average Bonchev–Trinajstić information content (AvgIpc) is 2.87. The van der Waals surface area contributed by atoms with Crippen LogP contribution in [0.5, 0.6) is 0 Å². The number of hydrazone groups is 1. The molecule has 0 unspecified atom stereocenters. The van der Waals surface area contributed by atoms with E-state index in [2.05, 4.69) is 25.5 Å². The lowest BCUT2D eigenvalue weighted by Crippen LogP contribution is -2.19. The second-order valence-electron chi connectivity index (χ2n) is 2.84. The summed E-state index contributed by atoms with van der Waals surface area (Å²) < 4.78 is 10.2. The van der Waals surface area contributed by atoms with E-state index in [-0.39, 0.29) is 11.5 Å². The molecule has 2 aromatic rings. The van der Waals surface area contributed by atoms with Crippen molar-refractivity contribution >= 4 is 40.5 Å². The van der Waals surface area contributed by atoms with Gasteiger partial charge in [0.1, 0.15) is 5.76 Å². The van der Waals surface area contributed by atoms with Gasteiger partial charge in [-0.3, -0.25) is 4.79 Å². The van der Waals surface area contributed by atoms with Gasteiger partial charge in [0.2, 0.25) is 11.5 Å². The monoisotopic (exact) mass is 347 g/mol. The number of anilines is 1. The molecule has 8 nitrogen and oxygen atoms in total. The maximum absolute atomic E-state index is 11.4. The van der Waals surface area contributed by atoms with Crippen molar-refractivity contribution in [2.75, 3.05) is 5.73 Å². The summed E-state index contributed by atoms with van der Waals surface area (Å²) in [5, 5.41) is 10.3. The average molecular weight is 347 g/mol. The van der Waals surface area contributed by atoms with Crippen LogP contribution >= 0.6 is 22.6 Å². The first-order valence-electron chi connectivity index (χ1n) is 4.33. The molecule has 0 aliphatic heterocycles. The highest BCUT2D eigenvalue weighted by molar-refractivity contribution is 14.1. The summed E-state index contributed by atoms with van der Waals surface area (Å²) in [6, 6.07) is 3.48. The summed E-state index contributed by atoms with van der Waals surface area (Å²) in [7, 11) is 0. The Balaban J connectivity index is 1.97. The Morgan fingerprint density at radius 2 is 2.35 bits per heavy atom. The molecule has 0 spiro atoms. The van der Waals surface area contributed by atoms with Crippen LogP contribution in [-0.4, -0.2) is 22.4 Å². The largest absolute Gasteiger partial charge is 0.449 e. The Morgan fingerprint density at radius 3 is 2.94 bits per heavy atom. The molecule has 0 atom stereocenters. The predicted molar refractivity (Wildman–Crippen MR) is 65.2 cm³/mol. The van der Waals surface area contributed by atoms with E-state index in [0.717, 1.165) is 3.77 Å². The van der Waals surface area contributed by atoms with Crippen molar-refractivity contribution in [2.24, 2.45) is 5.10 Å². The number of amides is 1. The van der Waals surface area contributed by atoms with Crippen LogP contribution in [0.1, 0.15) is 16.2 Å². The van der Waals surface area contributed by atoms with Crippen molar-refractivity contribution in [1.82, 2.24) is 15.7 Å². The van der Waals surface area contributed by atoms with Gasteiger partial charge in [0.25, 0.3) is 5.91 Å². The number of aromatic nitrogens is 2. The Hall–Kier alpha value is -1.91. The van der Waals surface area contributed by atoms with Gasteiger partial charge in [-0.25, -0.2) is 10.1 Å². The van der Waals surface area contributed by atoms with E-state index in [0.29, 0.717) is 5.76 Å². The first kappa shape index (κ1) is 11.6. The fourth-order valence-corrected chi connectivity index (χ4v) is 1.39. The SMILES string of the molecule is Nc1nonc1C(=O)N/N=C/c1ccc(I)o1. The molecule has 0 aromatic carbocycles. The van der Waals surface area contributed by atoms with E-state index >= 15 is 0 Å². The lowest BCUT2D eigenvalue weighted by molar-refractivity contribution is 0.0946. The third-order valence-electron chi connectivity index (χ3n) is 1.68. The summed E-state index contributed by atoms with van der Waals surface area (Å²) in [5.41, 5.74) is 7.42. The minimum absolute atomic E-state index is 0.0924. The first-order valence-corrected chi connectivity index (χ1v) is 5.41. The third-order valence-corrected chi connectivity index (χ3v) is 2.26. The molecule has 3 N–H and O–H groups in total. The summed E-state index contributed by atoms with van der Waals surface area (Å²) in [6.07, 6.45) is 1.35. The molecule has 0 aliphatic rings. The number of halogens is 1. The highest BCUT2D eigenvalue weighted by Crippen LogP contribution is 2.07. The summed E-state index contributed by atoms with van der Waals surface area (Å²) >= 11 is 2.02. The molecule has 0 aliphatic carbocycles. The molecule has 0 bridgehead atoms. The van der Waals surface area contributed by atoms with Gasteiger partial charge in [-0.2, -0.15) is 5.10 Å². The van der Waals surface area contributed by atoms with E-state index in [1.807, 2.05) is 22.6 Å². The van der Waals surface area contributed by atoms with Gasteiger partial charge >= 0.3 is 0 Å². The molecule has 0 saturated heterocycles. The molecule has 17 heavy (non-hydrogen) atoms. The minimum Gasteiger partial charge on any atom is -0.449 e. The second-order valence-corrected chi connectivity index (χ2v) is 3.90. The molecule has 2 rings (SSSR count). The zero-order valence-corrected chi connectivity index (χ0v) is 10.4. The standard InChI is InChI=1S/C8H6IN5O3/c9-5-2-1-4(16-5)3-11-12-8(15)6-7(10)14-17-13-6/h1-3H,(H2,10,14)(H,12,15)/b11-3+. The quantitative estimate of drug-likeness (QED) is 0.477. The second kappa shape index (κ2) is 4.95. The number of hydrogen-bond donors (Lipinski definition) is 2. The van der Waals surface area contributed by atoms with Gasteiger partial charge < -0.3 is 10.2 Å². The number of nitrogens with two attached hydrogens (primary N) is 1. The number of hydrogen-bond acceptors (Lipinski definition) is 7. The maximum Gasteiger partial charge on any atom is 0.297 e. The van der Waals surface area contributed by atoms with Crippen LogP contribution in [0, 0.1) is 3.77 Å². The van der Waals surface area contributed by atoms with Crippen molar-refractivity contribution in [1.29, 1.82) is 0 Å². The van der Waals surface area contributed by atoms with E-state index in [1.165, 1.54) is 6.21 Å². The number of nitrogens with zero attached hydrogens (tertiary/aromatic N) is 3. The molecule has 2 aromatic heterocycles. The fraction of sp³-hybridized carbons (Fsp3) is 0. The smallest absolute Gasteiger partial charge is 0.297 e. The van der Waals surface area contributed by atoms with Gasteiger partial charge in [-0.05, 0) is 45.0 Å². The molecular weight excluding hydrogens is 341 g/mol. The van der Waals surface area contributed by atoms with Crippen LogP contribution in [0.15, 0.2) is 26.3 Å². The number of furan rings is 1. The maximum atomic E-state index is 11.4. The Morgan fingerprint density at radius 1 is 1.53 bits per heavy atom. The highest BCUT2D eigenvalue weighted by Gasteiger charge is 2.14. The van der Waals surface area contributed by atoms with Crippen LogP contribution in [0.3, 0.4) is 0 Å². The van der Waals surface area contributed by atoms with Crippen LogP contribution in [0.2, 0.25) is 0 Å². The van der Waals surface area contributed by atoms with Gasteiger partial charge in [0.15, 0.2) is 3.77 Å². The molecule has 0 fully saturated rings. The zero-order valence-electron chi connectivity index (χ0n) is 8.25. The summed E-state index contributed by atoms with van der Waals surface area (Å²) in [5.74, 6) is -0.188. The number of rotatable bonds is 3. The van der Waals surface area contributed by atoms with Crippen LogP contribution in [-0.2, 0) is 0 Å². The molecule has 0 radical (unpaired) electrons. The van der Waals surface area contributed by atoms with Gasteiger partial charge in [-0.1, -0.05) is 0 Å². The number of carbonyl (C=O) groups is 1. The van der Waals surface area contributed by atoms with E-state index in [9.17, 15) is 4.79 Å². The normalized spacial score (nSPS) is 10.9. The summed E-state index contributed by atoms with van der Waals surface area (Å²) in [6.45, 7) is 0. The molecule has 2 heterocycles. The minimum atomic E-state index is -0.610. The molecule has 9 heteroatoms. The highest BCUT2D eigenvalue weighted by atomic mass is 127. The lowest BCUT2D eigenvalue weighted by atomic mass is 10.4. The lowest BCUT2D eigenvalue weighted by Gasteiger charge is -1.93. The van der Waals surface area contributed by atoms with Crippen LogP contribution in [0.25, 0.3) is 0 Å². The topological polar surface area (TPSA) is 120 Å². The Labute approximate surface area is 108 Å². The number of nitrogen functional groups attached to an aromatic ring is 1. The Bertz CT molecular complexity index is 561. The van der Waals surface area contributed by atoms with Crippen molar-refractivity contribution in [2.45, 2.75) is 0 Å². The van der Waals surface area contributed by atoms with Crippen LogP contribution < -0.4 is 11.2 Å². The van der Waals surface area contributed by atoms with Gasteiger partial charge in [0, 0.05) is 0 Å². The molecule has 0 saturated carbocycles. The fourth-order valence-electron chi connectivity index (χ4n) is 0.958. The van der Waals surface area contributed by atoms with E-state index in [4.69, 9.17) is 10.2 Å². The van der Waals surface area contributed by atoms with Crippen molar-refractivity contribution < 1.29 is 13.8 Å². The van der Waals surface area contributed by atoms with Crippen molar-refractivity contribution in [3.05, 3.63) is 27.4 Å². The first-order chi connectivity index (χ1) is 8.16. The molecule has 1 amide bonds. The van der Waals surface area contributed by atoms with Gasteiger partial charge in [-0.15, -0.1) is 0 Å². The number of carbonyl (C=O) groups excluding carboxylic acids is 1. The molecular formula is C8H6IN5O3. The third kappa shape index (κ3) is 2.81. The van der Waals surface area contributed by atoms with Crippen molar-refractivity contribution in [3.8, 4) is 0 Å². The summed E-state index contributed by atoms with van der Waals surface area (Å²) in [4.78, 5) is 11.4. The van der Waals surface area contributed by atoms with Gasteiger partial charge in [0.05, 0.1) is 6.21 Å². The van der Waals surface area contributed by atoms with Crippen LogP contribution in [0.4, 0.5) is 5.82 Å². The Kier molecular flexibility index (Phi) is 3.37.